The fourth-order valence-electron chi connectivity index (χ4n) is 3.26. The Morgan fingerprint density at radius 3 is 2.68 bits per heavy atom. The quantitative estimate of drug-likeness (QED) is 0.476. The molecular weight excluding hydrogens is 394 g/mol. The van der Waals surface area contributed by atoms with Crippen molar-refractivity contribution < 1.29 is 19.1 Å². The molecule has 1 aliphatic heterocycles. The fraction of sp³-hybridized carbons (Fsp3) is 0.417. The molecule has 1 saturated heterocycles. The Kier molecular flexibility index (Phi) is 8.72. The Labute approximate surface area is 183 Å². The zero-order chi connectivity index (χ0) is 21.9. The molecule has 3 N–H and O–H groups in total. The van der Waals surface area contributed by atoms with Crippen LogP contribution in [0.25, 0.3) is 0 Å². The highest BCUT2D eigenvalue weighted by Gasteiger charge is 2.16. The molecule has 1 heterocycles. The molecule has 166 valence electrons. The van der Waals surface area contributed by atoms with Crippen LogP contribution in [-0.2, 0) is 9.53 Å². The number of benzene rings is 2. The van der Waals surface area contributed by atoms with E-state index in [1.54, 1.807) is 24.3 Å². The first kappa shape index (κ1) is 22.6. The van der Waals surface area contributed by atoms with E-state index < -0.39 is 0 Å². The van der Waals surface area contributed by atoms with Gasteiger partial charge in [-0.25, -0.2) is 0 Å². The summed E-state index contributed by atoms with van der Waals surface area (Å²) in [4.78, 5) is 24.6. The van der Waals surface area contributed by atoms with Crippen molar-refractivity contribution in [2.24, 2.45) is 0 Å². The second kappa shape index (κ2) is 12.0. The highest BCUT2D eigenvalue weighted by molar-refractivity contribution is 5.96. The maximum atomic E-state index is 12.3. The van der Waals surface area contributed by atoms with Crippen molar-refractivity contribution in [3.05, 3.63) is 54.1 Å². The minimum absolute atomic E-state index is 0.109. The third-order valence-corrected chi connectivity index (χ3v) is 5.03. The number of para-hydroxylation sites is 2. The maximum Gasteiger partial charge on any atom is 0.251 e. The molecule has 2 aromatic rings. The van der Waals surface area contributed by atoms with E-state index in [-0.39, 0.29) is 24.5 Å². The SMILES string of the molecule is CCCCOc1ccccc1NCC(=O)Nc1ccc(C(=O)NCC2CCCO2)cc1. The van der Waals surface area contributed by atoms with Gasteiger partial charge in [0.15, 0.2) is 0 Å². The van der Waals surface area contributed by atoms with Gasteiger partial charge in [0, 0.05) is 24.4 Å². The van der Waals surface area contributed by atoms with Crippen LogP contribution in [0.5, 0.6) is 5.75 Å². The first-order valence-corrected chi connectivity index (χ1v) is 10.9. The lowest BCUT2D eigenvalue weighted by Crippen LogP contribution is -2.31. The van der Waals surface area contributed by atoms with Crippen molar-refractivity contribution in [2.45, 2.75) is 38.7 Å². The molecule has 2 aromatic carbocycles. The van der Waals surface area contributed by atoms with Crippen LogP contribution in [0.1, 0.15) is 43.0 Å². The lowest BCUT2D eigenvalue weighted by molar-refractivity contribution is -0.114. The van der Waals surface area contributed by atoms with Crippen LogP contribution in [0.3, 0.4) is 0 Å². The number of ether oxygens (including phenoxy) is 2. The average Bonchev–Trinajstić information content (AvgIpc) is 3.31. The molecule has 1 fully saturated rings. The summed E-state index contributed by atoms with van der Waals surface area (Å²) in [6, 6.07) is 14.4. The number of hydrogen-bond acceptors (Lipinski definition) is 5. The van der Waals surface area contributed by atoms with Crippen LogP contribution in [-0.4, -0.2) is 44.2 Å². The van der Waals surface area contributed by atoms with Crippen LogP contribution in [0.4, 0.5) is 11.4 Å². The van der Waals surface area contributed by atoms with Crippen molar-refractivity contribution in [3.63, 3.8) is 0 Å². The van der Waals surface area contributed by atoms with Crippen LogP contribution in [0.15, 0.2) is 48.5 Å². The molecule has 0 aromatic heterocycles. The lowest BCUT2D eigenvalue weighted by atomic mass is 10.2. The number of carbonyl (C=O) groups is 2. The van der Waals surface area contributed by atoms with Crippen LogP contribution in [0.2, 0.25) is 0 Å². The second-order valence-electron chi connectivity index (χ2n) is 7.52. The van der Waals surface area contributed by atoms with Crippen molar-refractivity contribution in [3.8, 4) is 5.75 Å². The highest BCUT2D eigenvalue weighted by Crippen LogP contribution is 2.23. The summed E-state index contributed by atoms with van der Waals surface area (Å²) in [5.74, 6) is 0.413. The molecule has 1 atom stereocenters. The van der Waals surface area contributed by atoms with E-state index in [9.17, 15) is 9.59 Å². The van der Waals surface area contributed by atoms with Crippen molar-refractivity contribution >= 4 is 23.2 Å². The van der Waals surface area contributed by atoms with Crippen molar-refractivity contribution in [1.82, 2.24) is 5.32 Å². The normalized spacial score (nSPS) is 15.3. The summed E-state index contributed by atoms with van der Waals surface area (Å²) in [6.07, 6.45) is 4.18. The largest absolute Gasteiger partial charge is 0.491 e. The number of nitrogens with one attached hydrogen (secondary N) is 3. The summed E-state index contributed by atoms with van der Waals surface area (Å²) in [5.41, 5.74) is 1.97. The molecule has 31 heavy (non-hydrogen) atoms. The Bertz CT molecular complexity index is 848. The minimum Gasteiger partial charge on any atom is -0.491 e. The van der Waals surface area contributed by atoms with Gasteiger partial charge in [0.1, 0.15) is 5.75 Å². The summed E-state index contributed by atoms with van der Waals surface area (Å²) in [6.45, 7) is 4.16. The van der Waals surface area contributed by atoms with Gasteiger partial charge in [-0.3, -0.25) is 9.59 Å². The predicted octanol–water partition coefficient (Wildman–Crippen LogP) is 3.82. The molecule has 0 bridgehead atoms. The van der Waals surface area contributed by atoms with Crippen molar-refractivity contribution in [2.75, 3.05) is 36.9 Å². The van der Waals surface area contributed by atoms with Gasteiger partial charge in [-0.15, -0.1) is 0 Å². The van der Waals surface area contributed by atoms with Gasteiger partial charge in [-0.2, -0.15) is 0 Å². The van der Waals surface area contributed by atoms with Gasteiger partial charge < -0.3 is 25.4 Å². The average molecular weight is 426 g/mol. The summed E-state index contributed by atoms with van der Waals surface area (Å²) < 4.78 is 11.3. The molecule has 0 aliphatic carbocycles. The van der Waals surface area contributed by atoms with Crippen LogP contribution in [0, 0.1) is 0 Å². The molecule has 7 nitrogen and oxygen atoms in total. The Hall–Kier alpha value is -3.06. The van der Waals surface area contributed by atoms with Crippen LogP contribution >= 0.6 is 0 Å². The van der Waals surface area contributed by atoms with E-state index in [0.29, 0.717) is 24.4 Å². The standard InChI is InChI=1S/C24H31N3O4/c1-2-3-14-31-22-9-5-4-8-21(22)25-17-23(28)27-19-12-10-18(11-13-19)24(29)26-16-20-7-6-15-30-20/h4-5,8-13,20,25H,2-3,6-7,14-17H2,1H3,(H,26,29)(H,27,28). The van der Waals surface area contributed by atoms with Gasteiger partial charge in [0.25, 0.3) is 5.91 Å². The van der Waals surface area contributed by atoms with Crippen molar-refractivity contribution in [1.29, 1.82) is 0 Å². The Morgan fingerprint density at radius 1 is 1.13 bits per heavy atom. The number of rotatable bonds is 11. The molecule has 1 aliphatic rings. The summed E-state index contributed by atoms with van der Waals surface area (Å²) in [5, 5.41) is 8.84. The molecule has 0 saturated carbocycles. The number of unbranched alkanes of at least 4 members (excludes halogenated alkanes) is 1. The Balaban J connectivity index is 1.45. The summed E-state index contributed by atoms with van der Waals surface area (Å²) in [7, 11) is 0. The van der Waals surface area contributed by atoms with Crippen LogP contribution < -0.4 is 20.7 Å². The highest BCUT2D eigenvalue weighted by atomic mass is 16.5. The minimum atomic E-state index is -0.182. The zero-order valence-electron chi connectivity index (χ0n) is 18.0. The van der Waals surface area contributed by atoms with Gasteiger partial charge in [0.2, 0.25) is 5.91 Å². The molecule has 2 amide bonds. The summed E-state index contributed by atoms with van der Waals surface area (Å²) >= 11 is 0. The molecule has 0 radical (unpaired) electrons. The van der Waals surface area contributed by atoms with E-state index in [0.717, 1.165) is 43.7 Å². The Morgan fingerprint density at radius 2 is 1.94 bits per heavy atom. The van der Waals surface area contributed by atoms with E-state index in [1.165, 1.54) is 0 Å². The third kappa shape index (κ3) is 7.29. The number of anilines is 2. The topological polar surface area (TPSA) is 88.7 Å². The van der Waals surface area contributed by atoms with E-state index in [4.69, 9.17) is 9.47 Å². The molecule has 3 rings (SSSR count). The maximum absolute atomic E-state index is 12.3. The first-order valence-electron chi connectivity index (χ1n) is 10.9. The molecular formula is C24H31N3O4. The molecule has 1 unspecified atom stereocenters. The third-order valence-electron chi connectivity index (χ3n) is 5.03. The smallest absolute Gasteiger partial charge is 0.251 e. The van der Waals surface area contributed by atoms with Gasteiger partial charge in [0.05, 0.1) is 24.9 Å². The van der Waals surface area contributed by atoms with E-state index >= 15 is 0 Å². The van der Waals surface area contributed by atoms with E-state index in [2.05, 4.69) is 22.9 Å². The first-order chi connectivity index (χ1) is 15.2. The predicted molar refractivity (Wildman–Crippen MR) is 122 cm³/mol. The van der Waals surface area contributed by atoms with E-state index in [1.807, 2.05) is 24.3 Å². The number of amides is 2. The fourth-order valence-corrected chi connectivity index (χ4v) is 3.26. The molecule has 0 spiro atoms. The molecule has 7 heteroatoms. The monoisotopic (exact) mass is 425 g/mol. The zero-order valence-corrected chi connectivity index (χ0v) is 18.0. The number of hydrogen-bond donors (Lipinski definition) is 3. The second-order valence-corrected chi connectivity index (χ2v) is 7.52. The lowest BCUT2D eigenvalue weighted by Gasteiger charge is -2.13. The number of carbonyl (C=O) groups excluding carboxylic acids is 2. The van der Waals surface area contributed by atoms with Gasteiger partial charge in [-0.1, -0.05) is 25.5 Å². The van der Waals surface area contributed by atoms with Gasteiger partial charge in [-0.05, 0) is 55.7 Å². The van der Waals surface area contributed by atoms with Gasteiger partial charge >= 0.3 is 0 Å².